The molecule has 1 aromatic carbocycles. The molecular formula is C20H21N3O6. The number of hydrogen-bond acceptors (Lipinski definition) is 7. The van der Waals surface area contributed by atoms with Gasteiger partial charge in [-0.2, -0.15) is 0 Å². The SMILES string of the molecule is CCCn1c(=O)[nH]c(=O)c2c(C(=O)OC)cc(-c3ccc(OC)cc3OC)nc21. The lowest BCUT2D eigenvalue weighted by atomic mass is 10.1. The summed E-state index contributed by atoms with van der Waals surface area (Å²) in [6.07, 6.45) is 0.631. The van der Waals surface area contributed by atoms with Crippen LogP contribution in [0.2, 0.25) is 0 Å². The summed E-state index contributed by atoms with van der Waals surface area (Å²) in [5.74, 6) is 0.332. The highest BCUT2D eigenvalue weighted by atomic mass is 16.5. The van der Waals surface area contributed by atoms with Gasteiger partial charge in [0.25, 0.3) is 5.56 Å². The second-order valence-corrected chi connectivity index (χ2v) is 6.22. The molecule has 0 saturated carbocycles. The molecule has 9 nitrogen and oxygen atoms in total. The summed E-state index contributed by atoms with van der Waals surface area (Å²) in [6.45, 7) is 2.21. The van der Waals surface area contributed by atoms with Crippen LogP contribution in [-0.2, 0) is 11.3 Å². The van der Waals surface area contributed by atoms with Crippen LogP contribution < -0.4 is 20.7 Å². The maximum Gasteiger partial charge on any atom is 0.338 e. The van der Waals surface area contributed by atoms with E-state index in [0.717, 1.165) is 0 Å². The second kappa shape index (κ2) is 8.17. The molecule has 2 aromatic heterocycles. The van der Waals surface area contributed by atoms with Crippen LogP contribution in [0.3, 0.4) is 0 Å². The van der Waals surface area contributed by atoms with Crippen LogP contribution in [0, 0.1) is 0 Å². The van der Waals surface area contributed by atoms with E-state index in [1.54, 1.807) is 18.2 Å². The van der Waals surface area contributed by atoms with E-state index in [-0.39, 0.29) is 16.6 Å². The van der Waals surface area contributed by atoms with Crippen molar-refractivity contribution in [3.63, 3.8) is 0 Å². The number of nitrogens with zero attached hydrogens (tertiary/aromatic N) is 2. The molecule has 1 N–H and O–H groups in total. The largest absolute Gasteiger partial charge is 0.497 e. The molecule has 152 valence electrons. The topological polar surface area (TPSA) is 113 Å². The number of esters is 1. The minimum absolute atomic E-state index is 0.00104. The van der Waals surface area contributed by atoms with Crippen LogP contribution in [0.15, 0.2) is 33.9 Å². The lowest BCUT2D eigenvalue weighted by Crippen LogP contribution is -2.32. The van der Waals surface area contributed by atoms with E-state index in [2.05, 4.69) is 9.97 Å². The fourth-order valence-electron chi connectivity index (χ4n) is 3.12. The van der Waals surface area contributed by atoms with Gasteiger partial charge in [-0.15, -0.1) is 0 Å². The number of aromatic amines is 1. The number of methoxy groups -OCH3 is 3. The zero-order valence-electron chi connectivity index (χ0n) is 16.6. The number of nitrogens with one attached hydrogen (secondary N) is 1. The molecule has 0 bridgehead atoms. The van der Waals surface area contributed by atoms with Crippen LogP contribution in [0.25, 0.3) is 22.3 Å². The minimum Gasteiger partial charge on any atom is -0.497 e. The Labute approximate surface area is 165 Å². The Hall–Kier alpha value is -3.62. The van der Waals surface area contributed by atoms with Gasteiger partial charge in [0.05, 0.1) is 38.0 Å². The molecule has 9 heteroatoms. The molecule has 3 aromatic rings. The maximum atomic E-state index is 12.5. The highest BCUT2D eigenvalue weighted by Crippen LogP contribution is 2.33. The van der Waals surface area contributed by atoms with Crippen molar-refractivity contribution in [1.82, 2.24) is 14.5 Å². The lowest BCUT2D eigenvalue weighted by molar-refractivity contribution is 0.0603. The molecule has 0 spiro atoms. The maximum absolute atomic E-state index is 12.5. The van der Waals surface area contributed by atoms with Crippen molar-refractivity contribution in [2.24, 2.45) is 0 Å². The number of rotatable bonds is 6. The van der Waals surface area contributed by atoms with Gasteiger partial charge in [-0.3, -0.25) is 14.3 Å². The summed E-state index contributed by atoms with van der Waals surface area (Å²) in [5.41, 5.74) is -0.249. The number of hydrogen-bond donors (Lipinski definition) is 1. The van der Waals surface area contributed by atoms with Crippen molar-refractivity contribution in [1.29, 1.82) is 0 Å². The summed E-state index contributed by atoms with van der Waals surface area (Å²) < 4.78 is 16.8. The molecule has 0 unspecified atom stereocenters. The van der Waals surface area contributed by atoms with E-state index in [9.17, 15) is 14.4 Å². The zero-order chi connectivity index (χ0) is 21.1. The molecule has 0 aliphatic carbocycles. The molecule has 0 radical (unpaired) electrons. The first-order valence-corrected chi connectivity index (χ1v) is 8.93. The molecule has 0 fully saturated rings. The third kappa shape index (κ3) is 3.58. The number of ether oxygens (including phenoxy) is 3. The third-order valence-corrected chi connectivity index (χ3v) is 4.49. The number of pyridine rings is 1. The third-order valence-electron chi connectivity index (χ3n) is 4.49. The Morgan fingerprint density at radius 2 is 1.90 bits per heavy atom. The minimum atomic E-state index is -0.710. The normalized spacial score (nSPS) is 10.8. The van der Waals surface area contributed by atoms with E-state index in [1.165, 1.54) is 32.0 Å². The number of carbonyl (C=O) groups is 1. The molecular weight excluding hydrogens is 378 g/mol. The van der Waals surface area contributed by atoms with Gasteiger partial charge < -0.3 is 14.2 Å². The number of aromatic nitrogens is 3. The lowest BCUT2D eigenvalue weighted by Gasteiger charge is -2.14. The van der Waals surface area contributed by atoms with E-state index < -0.39 is 17.2 Å². The molecule has 0 aliphatic heterocycles. The highest BCUT2D eigenvalue weighted by Gasteiger charge is 2.21. The Kier molecular flexibility index (Phi) is 5.67. The quantitative estimate of drug-likeness (QED) is 0.631. The van der Waals surface area contributed by atoms with Crippen LogP contribution >= 0.6 is 0 Å². The Morgan fingerprint density at radius 3 is 2.52 bits per heavy atom. The van der Waals surface area contributed by atoms with Crippen LogP contribution in [0.4, 0.5) is 0 Å². The average Bonchev–Trinajstić information content (AvgIpc) is 2.74. The number of fused-ring (bicyclic) bond motifs is 1. The average molecular weight is 399 g/mol. The summed E-state index contributed by atoms with van der Waals surface area (Å²) in [4.78, 5) is 44.1. The zero-order valence-corrected chi connectivity index (χ0v) is 16.6. The molecule has 0 saturated heterocycles. The standard InChI is InChI=1S/C20H21N3O6/c1-5-8-23-17-16(18(24)22-20(23)26)13(19(25)29-4)10-14(21-17)12-7-6-11(27-2)9-15(12)28-3/h6-7,9-10H,5,8H2,1-4H3,(H,22,24,26). The molecule has 0 amide bonds. The van der Waals surface area contributed by atoms with Crippen molar-refractivity contribution in [2.45, 2.75) is 19.9 Å². The van der Waals surface area contributed by atoms with Crippen molar-refractivity contribution in [3.05, 3.63) is 50.7 Å². The second-order valence-electron chi connectivity index (χ2n) is 6.22. The molecule has 0 atom stereocenters. The summed E-state index contributed by atoms with van der Waals surface area (Å²) in [6, 6.07) is 6.57. The smallest absolute Gasteiger partial charge is 0.338 e. The molecule has 0 aliphatic rings. The van der Waals surface area contributed by atoms with Crippen LogP contribution in [-0.4, -0.2) is 41.8 Å². The van der Waals surface area contributed by atoms with Gasteiger partial charge in [0.15, 0.2) is 5.65 Å². The van der Waals surface area contributed by atoms with E-state index in [1.807, 2.05) is 6.92 Å². The van der Waals surface area contributed by atoms with Gasteiger partial charge in [0.2, 0.25) is 0 Å². The van der Waals surface area contributed by atoms with E-state index in [0.29, 0.717) is 35.7 Å². The van der Waals surface area contributed by atoms with Gasteiger partial charge in [0, 0.05) is 18.2 Å². The van der Waals surface area contributed by atoms with Crippen molar-refractivity contribution >= 4 is 17.0 Å². The fourth-order valence-corrected chi connectivity index (χ4v) is 3.12. The molecule has 29 heavy (non-hydrogen) atoms. The molecule has 3 rings (SSSR count). The predicted octanol–water partition coefficient (Wildman–Crippen LogP) is 1.97. The monoisotopic (exact) mass is 399 g/mol. The first-order chi connectivity index (χ1) is 13.9. The highest BCUT2D eigenvalue weighted by molar-refractivity contribution is 6.03. The Balaban J connectivity index is 2.44. The summed E-state index contributed by atoms with van der Waals surface area (Å²) >= 11 is 0. The first kappa shape index (κ1) is 20.1. The number of aryl methyl sites for hydroxylation is 1. The number of benzene rings is 1. The summed E-state index contributed by atoms with van der Waals surface area (Å²) in [7, 11) is 4.25. The van der Waals surface area contributed by atoms with Gasteiger partial charge in [-0.05, 0) is 24.6 Å². The Bertz CT molecular complexity index is 1200. The van der Waals surface area contributed by atoms with Gasteiger partial charge >= 0.3 is 11.7 Å². The molecule has 2 heterocycles. The van der Waals surface area contributed by atoms with Crippen LogP contribution in [0.5, 0.6) is 11.5 Å². The van der Waals surface area contributed by atoms with Crippen molar-refractivity contribution in [3.8, 4) is 22.8 Å². The Morgan fingerprint density at radius 1 is 1.14 bits per heavy atom. The van der Waals surface area contributed by atoms with Crippen molar-refractivity contribution in [2.75, 3.05) is 21.3 Å². The van der Waals surface area contributed by atoms with Gasteiger partial charge in [-0.25, -0.2) is 14.6 Å². The summed E-state index contributed by atoms with van der Waals surface area (Å²) in [5, 5.41) is 0.00104. The van der Waals surface area contributed by atoms with Gasteiger partial charge in [-0.1, -0.05) is 6.92 Å². The van der Waals surface area contributed by atoms with Crippen molar-refractivity contribution < 1.29 is 19.0 Å². The van der Waals surface area contributed by atoms with E-state index >= 15 is 0 Å². The number of H-pyrrole nitrogens is 1. The first-order valence-electron chi connectivity index (χ1n) is 8.93. The van der Waals surface area contributed by atoms with E-state index in [4.69, 9.17) is 14.2 Å². The van der Waals surface area contributed by atoms with Crippen LogP contribution in [0.1, 0.15) is 23.7 Å². The predicted molar refractivity (Wildman–Crippen MR) is 107 cm³/mol. The fraction of sp³-hybridized carbons (Fsp3) is 0.300. The number of carbonyl (C=O) groups excluding carboxylic acids is 1. The van der Waals surface area contributed by atoms with Gasteiger partial charge in [0.1, 0.15) is 11.5 Å².